The van der Waals surface area contributed by atoms with Crippen LogP contribution < -0.4 is 5.32 Å². The lowest BCUT2D eigenvalue weighted by Gasteiger charge is -2.22. The van der Waals surface area contributed by atoms with Gasteiger partial charge < -0.3 is 10.2 Å². The Kier molecular flexibility index (Phi) is 7.93. The minimum atomic E-state index is 0.897. The van der Waals surface area contributed by atoms with Crippen molar-refractivity contribution < 1.29 is 0 Å². The molecule has 6 heteroatoms. The quantitative estimate of drug-likeness (QED) is 0.713. The van der Waals surface area contributed by atoms with Gasteiger partial charge in [-0.3, -0.25) is 4.90 Å². The zero-order chi connectivity index (χ0) is 14.1. The Morgan fingerprint density at radius 2 is 1.63 bits per heavy atom. The number of anilines is 1. The molecule has 1 aromatic heterocycles. The molecule has 1 aromatic rings. The highest BCUT2D eigenvalue weighted by Crippen LogP contribution is 2.16. The maximum Gasteiger partial charge on any atom is 0.205 e. The maximum atomic E-state index is 4.20. The highest BCUT2D eigenvalue weighted by Gasteiger charge is 2.09. The summed E-state index contributed by atoms with van der Waals surface area (Å²) in [7, 11) is 1.88. The lowest BCUT2D eigenvalue weighted by Crippen LogP contribution is -2.29. The van der Waals surface area contributed by atoms with Gasteiger partial charge >= 0.3 is 0 Å². The van der Waals surface area contributed by atoms with Crippen LogP contribution in [0.5, 0.6) is 0 Å². The molecule has 1 rings (SSSR count). The van der Waals surface area contributed by atoms with Crippen LogP contribution in [0.4, 0.5) is 5.13 Å². The Morgan fingerprint density at radius 3 is 2.16 bits per heavy atom. The van der Waals surface area contributed by atoms with Crippen LogP contribution in [0.25, 0.3) is 0 Å². The van der Waals surface area contributed by atoms with Crippen LogP contribution in [-0.4, -0.2) is 59.8 Å². The van der Waals surface area contributed by atoms with E-state index in [4.69, 9.17) is 0 Å². The van der Waals surface area contributed by atoms with Gasteiger partial charge in [0.2, 0.25) is 5.13 Å². The fourth-order valence-electron chi connectivity index (χ4n) is 2.02. The molecule has 1 N–H and O–H groups in total. The van der Waals surface area contributed by atoms with Gasteiger partial charge in [-0.15, -0.1) is 10.2 Å². The first-order chi connectivity index (χ1) is 9.23. The van der Waals surface area contributed by atoms with E-state index in [0.717, 1.165) is 42.9 Å². The summed E-state index contributed by atoms with van der Waals surface area (Å²) in [6.45, 7) is 13.2. The number of nitrogens with one attached hydrogen (secondary N) is 1. The van der Waals surface area contributed by atoms with E-state index in [1.54, 1.807) is 11.3 Å². The van der Waals surface area contributed by atoms with Crippen LogP contribution in [0.15, 0.2) is 0 Å². The molecule has 0 saturated carbocycles. The van der Waals surface area contributed by atoms with Gasteiger partial charge in [-0.2, -0.15) is 0 Å². The monoisotopic (exact) mass is 285 g/mol. The third kappa shape index (κ3) is 5.84. The fourth-order valence-corrected chi connectivity index (χ4v) is 2.75. The van der Waals surface area contributed by atoms with E-state index >= 15 is 0 Å². The molecular weight excluding hydrogens is 258 g/mol. The second kappa shape index (κ2) is 9.23. The van der Waals surface area contributed by atoms with Crippen molar-refractivity contribution in [2.75, 3.05) is 45.1 Å². The van der Waals surface area contributed by atoms with Crippen molar-refractivity contribution >= 4 is 16.5 Å². The van der Waals surface area contributed by atoms with Gasteiger partial charge in [0.15, 0.2) is 0 Å². The highest BCUT2D eigenvalue weighted by atomic mass is 32.1. The third-order valence-corrected chi connectivity index (χ3v) is 4.26. The number of aromatic nitrogens is 2. The van der Waals surface area contributed by atoms with Crippen LogP contribution in [0.2, 0.25) is 0 Å². The zero-order valence-corrected chi connectivity index (χ0v) is 13.5. The molecule has 0 aromatic carbocycles. The molecule has 0 bridgehead atoms. The Bertz CT molecular complexity index is 338. The molecule has 0 aliphatic heterocycles. The van der Waals surface area contributed by atoms with Crippen molar-refractivity contribution in [2.45, 2.75) is 33.7 Å². The van der Waals surface area contributed by atoms with Crippen LogP contribution >= 0.6 is 11.3 Å². The van der Waals surface area contributed by atoms with E-state index in [0.29, 0.717) is 0 Å². The Hall–Kier alpha value is -0.720. The summed E-state index contributed by atoms with van der Waals surface area (Å²) in [4.78, 5) is 4.90. The second-order valence-corrected chi connectivity index (χ2v) is 5.56. The molecule has 0 radical (unpaired) electrons. The molecule has 19 heavy (non-hydrogen) atoms. The number of nitrogens with zero attached hydrogens (tertiary/aromatic N) is 4. The normalized spacial score (nSPS) is 11.5. The third-order valence-electron chi connectivity index (χ3n) is 3.33. The maximum absolute atomic E-state index is 4.20. The largest absolute Gasteiger partial charge is 0.363 e. The standard InChI is InChI=1S/C13H27N5S/c1-5-17(6-2)9-8-10-18(7-3)11-12-15-16-13(14-4)19-12/h5-11H2,1-4H3,(H,14,16). The van der Waals surface area contributed by atoms with Gasteiger partial charge in [-0.25, -0.2) is 0 Å². The first-order valence-corrected chi connectivity index (χ1v) is 7.99. The van der Waals surface area contributed by atoms with Crippen molar-refractivity contribution in [3.8, 4) is 0 Å². The molecule has 0 saturated heterocycles. The SMILES string of the molecule is CCN(CC)CCCN(CC)Cc1nnc(NC)s1. The topological polar surface area (TPSA) is 44.3 Å². The molecule has 5 nitrogen and oxygen atoms in total. The van der Waals surface area contributed by atoms with Gasteiger partial charge in [-0.1, -0.05) is 32.1 Å². The summed E-state index contributed by atoms with van der Waals surface area (Å²) in [6, 6.07) is 0. The summed E-state index contributed by atoms with van der Waals surface area (Å²) in [6.07, 6.45) is 1.22. The average molecular weight is 285 g/mol. The molecule has 0 aliphatic rings. The average Bonchev–Trinajstić information content (AvgIpc) is 2.90. The molecular formula is C13H27N5S. The van der Waals surface area contributed by atoms with Crippen molar-refractivity contribution in [1.29, 1.82) is 0 Å². The van der Waals surface area contributed by atoms with Crippen LogP contribution in [0.1, 0.15) is 32.2 Å². The first kappa shape index (κ1) is 16.3. The van der Waals surface area contributed by atoms with E-state index in [2.05, 4.69) is 46.1 Å². The summed E-state index contributed by atoms with van der Waals surface area (Å²) < 4.78 is 0. The predicted octanol–water partition coefficient (Wildman–Crippen LogP) is 2.13. The molecule has 0 atom stereocenters. The second-order valence-electron chi connectivity index (χ2n) is 4.50. The van der Waals surface area contributed by atoms with Crippen LogP contribution in [0, 0.1) is 0 Å². The lowest BCUT2D eigenvalue weighted by molar-refractivity contribution is 0.238. The van der Waals surface area contributed by atoms with E-state index < -0.39 is 0 Å². The van der Waals surface area contributed by atoms with Crippen molar-refractivity contribution in [1.82, 2.24) is 20.0 Å². The summed E-state index contributed by atoms with van der Waals surface area (Å²) >= 11 is 1.64. The Balaban J connectivity index is 2.33. The van der Waals surface area contributed by atoms with Crippen LogP contribution in [0.3, 0.4) is 0 Å². The van der Waals surface area contributed by atoms with Gasteiger partial charge in [-0.05, 0) is 39.1 Å². The van der Waals surface area contributed by atoms with Crippen LogP contribution in [-0.2, 0) is 6.54 Å². The molecule has 110 valence electrons. The predicted molar refractivity (Wildman–Crippen MR) is 82.8 cm³/mol. The van der Waals surface area contributed by atoms with Crippen molar-refractivity contribution in [3.05, 3.63) is 5.01 Å². The van der Waals surface area contributed by atoms with Crippen molar-refractivity contribution in [3.63, 3.8) is 0 Å². The fraction of sp³-hybridized carbons (Fsp3) is 0.846. The molecule has 0 aliphatic carbocycles. The number of hydrogen-bond acceptors (Lipinski definition) is 6. The first-order valence-electron chi connectivity index (χ1n) is 7.18. The lowest BCUT2D eigenvalue weighted by atomic mass is 10.3. The summed E-state index contributed by atoms with van der Waals surface area (Å²) in [5, 5.41) is 13.3. The smallest absolute Gasteiger partial charge is 0.205 e. The molecule has 0 spiro atoms. The zero-order valence-electron chi connectivity index (χ0n) is 12.6. The van der Waals surface area contributed by atoms with Crippen molar-refractivity contribution in [2.24, 2.45) is 0 Å². The molecule has 0 amide bonds. The number of hydrogen-bond donors (Lipinski definition) is 1. The van der Waals surface area contributed by atoms with Gasteiger partial charge in [0.1, 0.15) is 5.01 Å². The highest BCUT2D eigenvalue weighted by molar-refractivity contribution is 7.15. The van der Waals surface area contributed by atoms with Gasteiger partial charge in [0.05, 0.1) is 6.54 Å². The minimum Gasteiger partial charge on any atom is -0.363 e. The van der Waals surface area contributed by atoms with E-state index in [9.17, 15) is 0 Å². The number of rotatable bonds is 10. The molecule has 1 heterocycles. The summed E-state index contributed by atoms with van der Waals surface area (Å²) in [5.41, 5.74) is 0. The summed E-state index contributed by atoms with van der Waals surface area (Å²) in [5.74, 6) is 0. The van der Waals surface area contributed by atoms with E-state index in [1.807, 2.05) is 7.05 Å². The van der Waals surface area contributed by atoms with Gasteiger partial charge in [0, 0.05) is 7.05 Å². The Labute approximate surface area is 121 Å². The minimum absolute atomic E-state index is 0.897. The van der Waals surface area contributed by atoms with E-state index in [1.165, 1.54) is 13.0 Å². The Morgan fingerprint density at radius 1 is 1.00 bits per heavy atom. The van der Waals surface area contributed by atoms with Gasteiger partial charge in [0.25, 0.3) is 0 Å². The molecule has 0 unspecified atom stereocenters. The molecule has 0 fully saturated rings. The van der Waals surface area contributed by atoms with E-state index in [-0.39, 0.29) is 0 Å².